The topological polar surface area (TPSA) is 83.1 Å². The highest BCUT2D eigenvalue weighted by Crippen LogP contribution is 2.37. The van der Waals surface area contributed by atoms with Crippen molar-refractivity contribution in [3.63, 3.8) is 0 Å². The van der Waals surface area contributed by atoms with Gasteiger partial charge in [-0.1, -0.05) is 11.8 Å². The highest BCUT2D eigenvalue weighted by atomic mass is 32.2. The highest BCUT2D eigenvalue weighted by molar-refractivity contribution is 7.99. The number of alkyl halides is 3. The zero-order chi connectivity index (χ0) is 21.3. The van der Waals surface area contributed by atoms with E-state index >= 15 is 0 Å². The van der Waals surface area contributed by atoms with Gasteiger partial charge in [0, 0.05) is 23.2 Å². The molecule has 3 aromatic heterocycles. The molecule has 11 heteroatoms. The second-order valence-electron chi connectivity index (χ2n) is 6.80. The van der Waals surface area contributed by atoms with Gasteiger partial charge in [-0.05, 0) is 43.4 Å². The number of nitrogens with one attached hydrogen (secondary N) is 1. The molecule has 1 N–H and O–H groups in total. The van der Waals surface area contributed by atoms with Crippen LogP contribution in [0.5, 0.6) is 0 Å². The van der Waals surface area contributed by atoms with Gasteiger partial charge in [0.05, 0.1) is 11.1 Å². The molecule has 0 saturated heterocycles. The lowest BCUT2D eigenvalue weighted by Gasteiger charge is -2.09. The van der Waals surface area contributed by atoms with Crippen LogP contribution < -0.4 is 5.32 Å². The lowest BCUT2D eigenvalue weighted by Crippen LogP contribution is -2.12. The number of thiophene rings is 1. The molecule has 0 spiro atoms. The van der Waals surface area contributed by atoms with E-state index in [9.17, 15) is 23.2 Å². The molecule has 156 valence electrons. The Morgan fingerprint density at radius 1 is 1.30 bits per heavy atom. The minimum Gasteiger partial charge on any atom is -0.317 e. The minimum atomic E-state index is -4.46. The first-order valence-electron chi connectivity index (χ1n) is 9.26. The van der Waals surface area contributed by atoms with E-state index in [0.717, 1.165) is 60.1 Å². The van der Waals surface area contributed by atoms with Crippen molar-refractivity contribution in [3.05, 3.63) is 39.9 Å². The minimum absolute atomic E-state index is 0.131. The number of thioether (sulfide) groups is 1. The third-order valence-corrected chi connectivity index (χ3v) is 6.95. The fraction of sp³-hybridized carbons (Fsp3) is 0.368. The van der Waals surface area contributed by atoms with Gasteiger partial charge in [0.1, 0.15) is 11.1 Å². The van der Waals surface area contributed by atoms with Crippen molar-refractivity contribution in [1.82, 2.24) is 14.6 Å². The summed E-state index contributed by atoms with van der Waals surface area (Å²) >= 11 is 2.61. The Bertz CT molecular complexity index is 1150. The number of carbonyl (C=O) groups excluding carboxylic acids is 1. The summed E-state index contributed by atoms with van der Waals surface area (Å²) in [6.45, 7) is 0. The number of pyridine rings is 1. The van der Waals surface area contributed by atoms with Gasteiger partial charge in [-0.3, -0.25) is 9.20 Å². The molecule has 0 saturated carbocycles. The molecule has 0 radical (unpaired) electrons. The van der Waals surface area contributed by atoms with Gasteiger partial charge in [-0.15, -0.1) is 21.5 Å². The van der Waals surface area contributed by atoms with Crippen molar-refractivity contribution in [2.75, 3.05) is 11.1 Å². The van der Waals surface area contributed by atoms with Gasteiger partial charge in [-0.25, -0.2) is 0 Å². The van der Waals surface area contributed by atoms with Crippen LogP contribution in [0.25, 0.3) is 5.65 Å². The first kappa shape index (κ1) is 20.7. The molecule has 6 nitrogen and oxygen atoms in total. The molecule has 0 unspecified atom stereocenters. The van der Waals surface area contributed by atoms with Gasteiger partial charge >= 0.3 is 6.18 Å². The number of fused-ring (bicyclic) bond motifs is 2. The van der Waals surface area contributed by atoms with Gasteiger partial charge in [0.25, 0.3) is 0 Å². The lowest BCUT2D eigenvalue weighted by molar-refractivity contribution is -0.137. The van der Waals surface area contributed by atoms with Gasteiger partial charge in [0.2, 0.25) is 5.91 Å². The number of hydrogen-bond donors (Lipinski definition) is 1. The van der Waals surface area contributed by atoms with Crippen LogP contribution in [0.2, 0.25) is 0 Å². The molecule has 3 heterocycles. The predicted octanol–water partition coefficient (Wildman–Crippen LogP) is 4.68. The molecule has 0 atom stereocenters. The number of hydrogen-bond acceptors (Lipinski definition) is 6. The predicted molar refractivity (Wildman–Crippen MR) is 108 cm³/mol. The Hall–Kier alpha value is -2.58. The zero-order valence-corrected chi connectivity index (χ0v) is 17.3. The third-order valence-electron chi connectivity index (χ3n) is 4.79. The van der Waals surface area contributed by atoms with Gasteiger partial charge < -0.3 is 5.32 Å². The molecule has 0 bridgehead atoms. The van der Waals surface area contributed by atoms with E-state index in [1.54, 1.807) is 0 Å². The molecule has 1 aliphatic rings. The van der Waals surface area contributed by atoms with Crippen LogP contribution in [0.15, 0.2) is 23.5 Å². The fourth-order valence-electron chi connectivity index (χ4n) is 3.33. The Labute approximate surface area is 178 Å². The summed E-state index contributed by atoms with van der Waals surface area (Å²) in [4.78, 5) is 13.5. The van der Waals surface area contributed by atoms with Crippen molar-refractivity contribution < 1.29 is 18.0 Å². The third kappa shape index (κ3) is 4.15. The molecule has 1 aliphatic carbocycles. The first-order valence-corrected chi connectivity index (χ1v) is 11.1. The summed E-state index contributed by atoms with van der Waals surface area (Å²) in [5.74, 6) is 0.0675. The number of amides is 1. The smallest absolute Gasteiger partial charge is 0.317 e. The highest BCUT2D eigenvalue weighted by Gasteiger charge is 2.31. The van der Waals surface area contributed by atoms with Crippen LogP contribution in [-0.4, -0.2) is 26.3 Å². The largest absolute Gasteiger partial charge is 0.417 e. The van der Waals surface area contributed by atoms with Crippen molar-refractivity contribution in [1.29, 1.82) is 5.26 Å². The normalized spacial score (nSPS) is 13.8. The maximum atomic E-state index is 12.9. The average Bonchev–Trinajstić information content (AvgIpc) is 3.27. The first-order chi connectivity index (χ1) is 14.4. The monoisotopic (exact) mass is 451 g/mol. The quantitative estimate of drug-likeness (QED) is 0.570. The molecule has 30 heavy (non-hydrogen) atoms. The van der Waals surface area contributed by atoms with Crippen molar-refractivity contribution in [3.8, 4) is 6.07 Å². The SMILES string of the molecule is N#Cc1c(NC(=O)CCSc2nnc3ccc(C(F)(F)F)cn23)sc2c1CCCC2. The molecule has 4 rings (SSSR count). The number of aryl methyl sites for hydroxylation is 1. The summed E-state index contributed by atoms with van der Waals surface area (Å²) in [7, 11) is 0. The Morgan fingerprint density at radius 2 is 2.10 bits per heavy atom. The van der Waals surface area contributed by atoms with Crippen LogP contribution >= 0.6 is 23.1 Å². The van der Waals surface area contributed by atoms with E-state index in [2.05, 4.69) is 21.6 Å². The molecule has 1 amide bonds. The lowest BCUT2D eigenvalue weighted by atomic mass is 9.96. The van der Waals surface area contributed by atoms with Crippen molar-refractivity contribution in [2.45, 2.75) is 43.4 Å². The Kier molecular flexibility index (Phi) is 5.71. The number of rotatable bonds is 5. The number of carbonyl (C=O) groups is 1. The summed E-state index contributed by atoms with van der Waals surface area (Å²) in [5, 5.41) is 20.9. The molecule has 0 aromatic carbocycles. The van der Waals surface area contributed by atoms with E-state index < -0.39 is 11.7 Å². The van der Waals surface area contributed by atoms with E-state index in [1.165, 1.54) is 21.8 Å². The van der Waals surface area contributed by atoms with Crippen molar-refractivity contribution >= 4 is 39.7 Å². The number of nitrogens with zero attached hydrogens (tertiary/aromatic N) is 4. The van der Waals surface area contributed by atoms with Gasteiger partial charge in [-0.2, -0.15) is 18.4 Å². The van der Waals surface area contributed by atoms with E-state index in [-0.39, 0.29) is 17.5 Å². The van der Waals surface area contributed by atoms with Crippen LogP contribution in [-0.2, 0) is 23.8 Å². The maximum Gasteiger partial charge on any atom is 0.417 e. The van der Waals surface area contributed by atoms with E-state index in [0.29, 0.717) is 22.0 Å². The van der Waals surface area contributed by atoms with Crippen LogP contribution in [0.1, 0.15) is 40.8 Å². The van der Waals surface area contributed by atoms with Crippen LogP contribution in [0.4, 0.5) is 18.2 Å². The molecule has 0 aliphatic heterocycles. The molecule has 0 fully saturated rings. The summed E-state index contributed by atoms with van der Waals surface area (Å²) in [5.41, 5.74) is 1.12. The number of anilines is 1. The standard InChI is InChI=1S/C19H16F3N5OS2/c20-19(21,22)11-5-6-15-25-26-18(27(15)10-11)29-8-7-16(28)24-17-13(9-23)12-3-1-2-4-14(12)30-17/h5-6,10H,1-4,7-8H2,(H,24,28). The maximum absolute atomic E-state index is 12.9. The second-order valence-corrected chi connectivity index (χ2v) is 8.97. The zero-order valence-electron chi connectivity index (χ0n) is 15.6. The van der Waals surface area contributed by atoms with Crippen molar-refractivity contribution in [2.24, 2.45) is 0 Å². The number of aromatic nitrogens is 3. The second kappa shape index (κ2) is 8.28. The fourth-order valence-corrected chi connectivity index (χ4v) is 5.44. The summed E-state index contributed by atoms with van der Waals surface area (Å²) in [6, 6.07) is 4.42. The van der Waals surface area contributed by atoms with E-state index in [4.69, 9.17) is 0 Å². The van der Waals surface area contributed by atoms with Gasteiger partial charge in [0.15, 0.2) is 10.8 Å². The summed E-state index contributed by atoms with van der Waals surface area (Å²) in [6.07, 6.45) is 0.549. The average molecular weight is 451 g/mol. The van der Waals surface area contributed by atoms with E-state index in [1.807, 2.05) is 0 Å². The number of nitriles is 1. The molecular weight excluding hydrogens is 435 g/mol. The Morgan fingerprint density at radius 3 is 2.87 bits per heavy atom. The molecule has 3 aromatic rings. The number of halogens is 3. The van der Waals surface area contributed by atoms with Crippen LogP contribution in [0, 0.1) is 11.3 Å². The molecular formula is C19H16F3N5OS2. The summed E-state index contributed by atoms with van der Waals surface area (Å²) < 4.78 is 40.1. The Balaban J connectivity index is 1.40. The van der Waals surface area contributed by atoms with Crippen LogP contribution in [0.3, 0.4) is 0 Å².